The van der Waals surface area contributed by atoms with Gasteiger partial charge in [-0.1, -0.05) is 29.3 Å². The first-order chi connectivity index (χ1) is 13.3. The SMILES string of the molecule is COc1ccc(/C=C2\C(=O)NC(=S)N(c3cc(Cl)cc(Cl)c3)C2=O)cc1OC. The number of carbonyl (C=O) groups excluding carboxylic acids is 2. The van der Waals surface area contributed by atoms with E-state index in [4.69, 9.17) is 44.9 Å². The molecule has 1 saturated heterocycles. The zero-order valence-corrected chi connectivity index (χ0v) is 17.1. The molecule has 9 heteroatoms. The number of hydrogen-bond donors (Lipinski definition) is 1. The summed E-state index contributed by atoms with van der Waals surface area (Å²) in [7, 11) is 3.01. The number of halogens is 2. The molecule has 0 radical (unpaired) electrons. The lowest BCUT2D eigenvalue weighted by Crippen LogP contribution is -2.54. The van der Waals surface area contributed by atoms with E-state index in [1.54, 1.807) is 18.2 Å². The molecule has 0 atom stereocenters. The summed E-state index contributed by atoms with van der Waals surface area (Å²) in [5, 5.41) is 3.12. The highest BCUT2D eigenvalue weighted by atomic mass is 35.5. The van der Waals surface area contributed by atoms with Gasteiger partial charge in [0, 0.05) is 10.0 Å². The highest BCUT2D eigenvalue weighted by Gasteiger charge is 2.34. The number of thiocarbonyl (C=S) groups is 1. The molecule has 0 aromatic heterocycles. The molecule has 2 amide bonds. The van der Waals surface area contributed by atoms with Gasteiger partial charge in [0.25, 0.3) is 11.8 Å². The Morgan fingerprint density at radius 2 is 1.64 bits per heavy atom. The van der Waals surface area contributed by atoms with Crippen molar-refractivity contribution in [1.82, 2.24) is 5.32 Å². The number of methoxy groups -OCH3 is 2. The molecule has 1 aliphatic rings. The minimum atomic E-state index is -0.603. The van der Waals surface area contributed by atoms with E-state index in [9.17, 15) is 9.59 Å². The van der Waals surface area contributed by atoms with Crippen LogP contribution in [0.4, 0.5) is 5.69 Å². The molecule has 144 valence electrons. The van der Waals surface area contributed by atoms with Crippen molar-refractivity contribution in [3.05, 3.63) is 57.6 Å². The van der Waals surface area contributed by atoms with Crippen LogP contribution in [0, 0.1) is 0 Å². The first kappa shape index (κ1) is 20.1. The molecule has 2 aromatic carbocycles. The predicted molar refractivity (Wildman–Crippen MR) is 112 cm³/mol. The van der Waals surface area contributed by atoms with E-state index >= 15 is 0 Å². The summed E-state index contributed by atoms with van der Waals surface area (Å²) in [5.74, 6) is -0.203. The fourth-order valence-electron chi connectivity index (χ4n) is 2.67. The maximum Gasteiger partial charge on any atom is 0.270 e. The third-order valence-electron chi connectivity index (χ3n) is 3.93. The summed E-state index contributed by atoms with van der Waals surface area (Å²) in [5.41, 5.74) is 0.829. The number of ether oxygens (including phenoxy) is 2. The standard InChI is InChI=1S/C19H14Cl2N2O4S/c1-26-15-4-3-10(6-16(15)27-2)5-14-17(24)22-19(28)23(18(14)25)13-8-11(20)7-12(21)9-13/h3-9H,1-2H3,(H,22,24,28)/b14-5+. The molecule has 0 unspecified atom stereocenters. The lowest BCUT2D eigenvalue weighted by Gasteiger charge is -2.29. The number of nitrogens with one attached hydrogen (secondary N) is 1. The van der Waals surface area contributed by atoms with Gasteiger partial charge in [0.15, 0.2) is 16.6 Å². The van der Waals surface area contributed by atoms with Crippen LogP contribution in [-0.2, 0) is 9.59 Å². The molecule has 6 nitrogen and oxygen atoms in total. The van der Waals surface area contributed by atoms with Gasteiger partial charge in [-0.15, -0.1) is 0 Å². The van der Waals surface area contributed by atoms with E-state index in [2.05, 4.69) is 5.32 Å². The fraction of sp³-hybridized carbons (Fsp3) is 0.105. The Hall–Kier alpha value is -2.61. The third kappa shape index (κ3) is 3.96. The van der Waals surface area contributed by atoms with E-state index in [0.717, 1.165) is 0 Å². The van der Waals surface area contributed by atoms with Crippen molar-refractivity contribution in [3.63, 3.8) is 0 Å². The largest absolute Gasteiger partial charge is 0.493 e. The number of nitrogens with zero attached hydrogens (tertiary/aromatic N) is 1. The summed E-state index contributed by atoms with van der Waals surface area (Å²) in [4.78, 5) is 26.6. The number of benzene rings is 2. The van der Waals surface area contributed by atoms with Crippen LogP contribution in [0.15, 0.2) is 42.0 Å². The quantitative estimate of drug-likeness (QED) is 0.447. The van der Waals surface area contributed by atoms with Crippen molar-refractivity contribution < 1.29 is 19.1 Å². The molecule has 1 fully saturated rings. The summed E-state index contributed by atoms with van der Waals surface area (Å²) < 4.78 is 10.4. The lowest BCUT2D eigenvalue weighted by atomic mass is 10.1. The number of anilines is 1. The van der Waals surface area contributed by atoms with Gasteiger partial charge in [-0.2, -0.15) is 0 Å². The lowest BCUT2D eigenvalue weighted by molar-refractivity contribution is -0.122. The molecule has 0 spiro atoms. The summed E-state index contributed by atoms with van der Waals surface area (Å²) in [6.45, 7) is 0. The van der Waals surface area contributed by atoms with Crippen LogP contribution < -0.4 is 19.7 Å². The van der Waals surface area contributed by atoms with E-state index in [1.807, 2.05) is 0 Å². The van der Waals surface area contributed by atoms with Crippen molar-refractivity contribution in [1.29, 1.82) is 0 Å². The molecular weight excluding hydrogens is 423 g/mol. The minimum absolute atomic E-state index is 0.0576. The molecule has 2 aromatic rings. The summed E-state index contributed by atoms with van der Waals surface area (Å²) in [6.07, 6.45) is 1.44. The van der Waals surface area contributed by atoms with Gasteiger partial charge in [-0.25, -0.2) is 0 Å². The maximum absolute atomic E-state index is 13.0. The second kappa shape index (κ2) is 8.18. The van der Waals surface area contributed by atoms with Crippen LogP contribution in [0.2, 0.25) is 10.0 Å². The van der Waals surface area contributed by atoms with Crippen molar-refractivity contribution >= 4 is 64.1 Å². The first-order valence-corrected chi connectivity index (χ1v) is 9.10. The van der Waals surface area contributed by atoms with Gasteiger partial charge in [0.2, 0.25) is 0 Å². The van der Waals surface area contributed by atoms with Crippen molar-refractivity contribution in [2.45, 2.75) is 0 Å². The summed E-state index contributed by atoms with van der Waals surface area (Å²) >= 11 is 17.2. The van der Waals surface area contributed by atoms with Crippen molar-refractivity contribution in [2.75, 3.05) is 19.1 Å². The summed E-state index contributed by atoms with van der Waals surface area (Å²) in [6, 6.07) is 9.62. The third-order valence-corrected chi connectivity index (χ3v) is 4.65. The Labute approximate surface area is 176 Å². The smallest absolute Gasteiger partial charge is 0.270 e. The minimum Gasteiger partial charge on any atom is -0.493 e. The fourth-order valence-corrected chi connectivity index (χ4v) is 3.47. The van der Waals surface area contributed by atoms with Crippen LogP contribution >= 0.6 is 35.4 Å². The van der Waals surface area contributed by atoms with Gasteiger partial charge in [-0.05, 0) is 54.2 Å². The monoisotopic (exact) mass is 436 g/mol. The molecule has 0 saturated carbocycles. The van der Waals surface area contributed by atoms with E-state index in [-0.39, 0.29) is 10.7 Å². The van der Waals surface area contributed by atoms with E-state index in [0.29, 0.717) is 32.8 Å². The van der Waals surface area contributed by atoms with E-state index in [1.165, 1.54) is 43.4 Å². The van der Waals surface area contributed by atoms with Crippen molar-refractivity contribution in [2.24, 2.45) is 0 Å². The van der Waals surface area contributed by atoms with Gasteiger partial charge in [0.05, 0.1) is 19.9 Å². The Balaban J connectivity index is 2.03. The van der Waals surface area contributed by atoms with Gasteiger partial charge < -0.3 is 9.47 Å². The molecule has 1 N–H and O–H groups in total. The second-order valence-corrected chi connectivity index (χ2v) is 6.96. The Morgan fingerprint density at radius 3 is 2.25 bits per heavy atom. The van der Waals surface area contributed by atoms with Crippen LogP contribution in [0.3, 0.4) is 0 Å². The molecule has 28 heavy (non-hydrogen) atoms. The van der Waals surface area contributed by atoms with Crippen LogP contribution in [0.25, 0.3) is 6.08 Å². The van der Waals surface area contributed by atoms with Gasteiger partial charge in [-0.3, -0.25) is 19.8 Å². The first-order valence-electron chi connectivity index (χ1n) is 7.93. The molecule has 1 heterocycles. The predicted octanol–water partition coefficient (Wildman–Crippen LogP) is 3.84. The Bertz CT molecular complexity index is 1000. The van der Waals surface area contributed by atoms with Crippen LogP contribution in [0.1, 0.15) is 5.56 Å². The highest BCUT2D eigenvalue weighted by Crippen LogP contribution is 2.31. The Morgan fingerprint density at radius 1 is 1.00 bits per heavy atom. The topological polar surface area (TPSA) is 67.9 Å². The average Bonchev–Trinajstić information content (AvgIpc) is 2.64. The molecule has 3 rings (SSSR count). The van der Waals surface area contributed by atoms with Crippen LogP contribution in [-0.4, -0.2) is 31.1 Å². The van der Waals surface area contributed by atoms with Gasteiger partial charge >= 0.3 is 0 Å². The number of rotatable bonds is 4. The average molecular weight is 437 g/mol. The van der Waals surface area contributed by atoms with Gasteiger partial charge in [0.1, 0.15) is 5.57 Å². The molecule has 0 aliphatic carbocycles. The van der Waals surface area contributed by atoms with E-state index < -0.39 is 11.8 Å². The highest BCUT2D eigenvalue weighted by molar-refractivity contribution is 7.80. The maximum atomic E-state index is 13.0. The molecule has 1 aliphatic heterocycles. The number of carbonyl (C=O) groups is 2. The van der Waals surface area contributed by atoms with Crippen molar-refractivity contribution in [3.8, 4) is 11.5 Å². The zero-order valence-electron chi connectivity index (χ0n) is 14.8. The normalized spacial score (nSPS) is 15.6. The number of hydrogen-bond acceptors (Lipinski definition) is 5. The molecular formula is C19H14Cl2N2O4S. The number of amides is 2. The van der Waals surface area contributed by atoms with Crippen LogP contribution in [0.5, 0.6) is 11.5 Å². The Kier molecular flexibility index (Phi) is 5.88. The zero-order chi connectivity index (χ0) is 20.4. The molecule has 0 bridgehead atoms. The second-order valence-electron chi connectivity index (χ2n) is 5.70.